The van der Waals surface area contributed by atoms with Gasteiger partial charge in [-0.2, -0.15) is 0 Å². The van der Waals surface area contributed by atoms with E-state index in [-0.39, 0.29) is 6.54 Å². The number of hydrogen-bond donors (Lipinski definition) is 2. The lowest BCUT2D eigenvalue weighted by Gasteiger charge is -2.36. The maximum Gasteiger partial charge on any atom is 0.325 e. The summed E-state index contributed by atoms with van der Waals surface area (Å²) in [5.41, 5.74) is -1.83. The fourth-order valence-corrected chi connectivity index (χ4v) is 3.32. The molecule has 1 aromatic rings. The summed E-state index contributed by atoms with van der Waals surface area (Å²) in [7, 11) is 0. The molecule has 1 saturated carbocycles. The van der Waals surface area contributed by atoms with Crippen LogP contribution in [0.2, 0.25) is 0 Å². The van der Waals surface area contributed by atoms with Crippen LogP contribution < -0.4 is 5.32 Å². The minimum absolute atomic E-state index is 0.0280. The molecule has 3 amide bonds. The van der Waals surface area contributed by atoms with Crippen molar-refractivity contribution in [2.45, 2.75) is 50.7 Å². The number of β-amino-alcohol motifs (C(OH)–C–C–N with tert-alkyl or cyclic N) is 1. The van der Waals surface area contributed by atoms with Crippen molar-refractivity contribution in [2.75, 3.05) is 6.54 Å². The highest BCUT2D eigenvalue weighted by Gasteiger charge is 2.52. The molecule has 7 nitrogen and oxygen atoms in total. The molecule has 1 aromatic heterocycles. The summed E-state index contributed by atoms with van der Waals surface area (Å²) in [5, 5.41) is 13.4. The van der Waals surface area contributed by atoms with Crippen molar-refractivity contribution in [3.05, 3.63) is 24.3 Å². The standard InChI is InChI=1S/C16H22N4O3/c1-11-3-5-16(23,6-4-11)10-20-13(21)15(2,19-14(20)22)12-9-17-7-8-18-12/h7-9,11,23H,3-6,10H2,1-2H3,(H,19,22). The van der Waals surface area contributed by atoms with Gasteiger partial charge in [0.25, 0.3) is 5.91 Å². The molecule has 0 bridgehead atoms. The van der Waals surface area contributed by atoms with Gasteiger partial charge in [-0.05, 0) is 38.5 Å². The first-order chi connectivity index (χ1) is 10.8. The second-order valence-corrected chi connectivity index (χ2v) is 6.94. The van der Waals surface area contributed by atoms with Gasteiger partial charge in [-0.15, -0.1) is 0 Å². The zero-order valence-electron chi connectivity index (χ0n) is 13.5. The predicted molar refractivity (Wildman–Crippen MR) is 82.2 cm³/mol. The summed E-state index contributed by atoms with van der Waals surface area (Å²) in [6, 6.07) is -0.491. The van der Waals surface area contributed by atoms with Gasteiger partial charge >= 0.3 is 6.03 Å². The summed E-state index contributed by atoms with van der Waals surface area (Å²) in [5.74, 6) is 0.179. The van der Waals surface area contributed by atoms with Gasteiger partial charge in [0.15, 0.2) is 5.54 Å². The summed E-state index contributed by atoms with van der Waals surface area (Å²) < 4.78 is 0. The maximum absolute atomic E-state index is 12.8. The number of rotatable bonds is 3. The zero-order valence-corrected chi connectivity index (χ0v) is 13.5. The van der Waals surface area contributed by atoms with E-state index in [2.05, 4.69) is 22.2 Å². The van der Waals surface area contributed by atoms with Gasteiger partial charge in [0, 0.05) is 12.4 Å². The molecule has 1 atom stereocenters. The number of urea groups is 1. The SMILES string of the molecule is CC1CCC(O)(CN2C(=O)NC(C)(c3cnccn3)C2=O)CC1. The molecule has 0 spiro atoms. The topological polar surface area (TPSA) is 95.4 Å². The van der Waals surface area contributed by atoms with Crippen LogP contribution in [-0.4, -0.2) is 44.1 Å². The number of hydrogen-bond acceptors (Lipinski definition) is 5. The number of aliphatic hydroxyl groups is 1. The molecular weight excluding hydrogens is 296 g/mol. The Bertz CT molecular complexity index is 613. The van der Waals surface area contributed by atoms with Crippen LogP contribution >= 0.6 is 0 Å². The molecule has 2 heterocycles. The molecule has 3 rings (SSSR count). The van der Waals surface area contributed by atoms with Gasteiger partial charge in [-0.25, -0.2) is 4.79 Å². The largest absolute Gasteiger partial charge is 0.388 e. The van der Waals surface area contributed by atoms with Gasteiger partial charge in [0.2, 0.25) is 0 Å². The third kappa shape index (κ3) is 2.81. The molecule has 124 valence electrons. The van der Waals surface area contributed by atoms with E-state index in [1.165, 1.54) is 18.6 Å². The van der Waals surface area contributed by atoms with E-state index in [0.29, 0.717) is 24.5 Å². The minimum atomic E-state index is -1.23. The van der Waals surface area contributed by atoms with E-state index in [0.717, 1.165) is 17.7 Å². The van der Waals surface area contributed by atoms with Crippen molar-refractivity contribution in [2.24, 2.45) is 5.92 Å². The third-order valence-corrected chi connectivity index (χ3v) is 5.01. The van der Waals surface area contributed by atoms with Crippen LogP contribution in [0.3, 0.4) is 0 Å². The summed E-state index contributed by atoms with van der Waals surface area (Å²) in [4.78, 5) is 34.3. The Morgan fingerprint density at radius 1 is 1.35 bits per heavy atom. The fraction of sp³-hybridized carbons (Fsp3) is 0.625. The van der Waals surface area contributed by atoms with Gasteiger partial charge in [-0.3, -0.25) is 19.7 Å². The van der Waals surface area contributed by atoms with Crippen molar-refractivity contribution in [3.8, 4) is 0 Å². The Labute approximate surface area is 135 Å². The second-order valence-electron chi connectivity index (χ2n) is 6.94. The van der Waals surface area contributed by atoms with Crippen molar-refractivity contribution in [3.63, 3.8) is 0 Å². The van der Waals surface area contributed by atoms with E-state index in [9.17, 15) is 14.7 Å². The number of nitrogens with one attached hydrogen (secondary N) is 1. The van der Waals surface area contributed by atoms with Crippen LogP contribution in [0.25, 0.3) is 0 Å². The predicted octanol–water partition coefficient (Wildman–Crippen LogP) is 1.18. The molecule has 1 aliphatic heterocycles. The quantitative estimate of drug-likeness (QED) is 0.816. The Hall–Kier alpha value is -2.02. The summed E-state index contributed by atoms with van der Waals surface area (Å²) in [6.07, 6.45) is 7.48. The molecule has 0 aromatic carbocycles. The average molecular weight is 318 g/mol. The molecule has 2 fully saturated rings. The first kappa shape index (κ1) is 15.9. The van der Waals surface area contributed by atoms with Gasteiger partial charge in [0.1, 0.15) is 0 Å². The highest BCUT2D eigenvalue weighted by atomic mass is 16.3. The number of aromatic nitrogens is 2. The van der Waals surface area contributed by atoms with Crippen LogP contribution in [0.1, 0.15) is 45.2 Å². The lowest BCUT2D eigenvalue weighted by molar-refractivity contribution is -0.134. The Balaban J connectivity index is 1.80. The number of amides is 3. The first-order valence-electron chi connectivity index (χ1n) is 7.97. The summed E-state index contributed by atoms with van der Waals surface area (Å²) in [6.45, 7) is 3.79. The molecule has 1 unspecified atom stereocenters. The van der Waals surface area contributed by atoms with Crippen LogP contribution in [0.4, 0.5) is 4.79 Å². The second kappa shape index (κ2) is 5.56. The molecule has 2 N–H and O–H groups in total. The minimum Gasteiger partial charge on any atom is -0.388 e. The molecule has 1 aliphatic carbocycles. The van der Waals surface area contributed by atoms with E-state index in [4.69, 9.17) is 0 Å². The van der Waals surface area contributed by atoms with E-state index in [1.807, 2.05) is 0 Å². The Morgan fingerprint density at radius 3 is 2.65 bits per heavy atom. The molecule has 1 saturated heterocycles. The van der Waals surface area contributed by atoms with Crippen molar-refractivity contribution in [1.29, 1.82) is 0 Å². The van der Waals surface area contributed by atoms with Crippen LogP contribution in [0.5, 0.6) is 0 Å². The number of imide groups is 1. The molecule has 7 heteroatoms. The zero-order chi connectivity index (χ0) is 16.7. The third-order valence-electron chi connectivity index (χ3n) is 5.01. The lowest BCUT2D eigenvalue weighted by atomic mass is 9.79. The van der Waals surface area contributed by atoms with E-state index in [1.54, 1.807) is 6.92 Å². The van der Waals surface area contributed by atoms with Gasteiger partial charge in [0.05, 0.1) is 24.0 Å². The average Bonchev–Trinajstić information content (AvgIpc) is 2.76. The fourth-order valence-electron chi connectivity index (χ4n) is 3.32. The van der Waals surface area contributed by atoms with Gasteiger partial charge in [-0.1, -0.05) is 6.92 Å². The first-order valence-corrected chi connectivity index (χ1v) is 7.97. The van der Waals surface area contributed by atoms with Crippen LogP contribution in [0, 0.1) is 5.92 Å². The number of carbonyl (C=O) groups excluding carboxylic acids is 2. The lowest BCUT2D eigenvalue weighted by Crippen LogP contribution is -2.48. The van der Waals surface area contributed by atoms with Crippen molar-refractivity contribution < 1.29 is 14.7 Å². The maximum atomic E-state index is 12.8. The highest BCUT2D eigenvalue weighted by molar-refractivity contribution is 6.07. The molecular formula is C16H22N4O3. The van der Waals surface area contributed by atoms with Gasteiger partial charge < -0.3 is 10.4 Å². The highest BCUT2D eigenvalue weighted by Crippen LogP contribution is 2.35. The number of nitrogens with zero attached hydrogens (tertiary/aromatic N) is 3. The Morgan fingerprint density at radius 2 is 2.04 bits per heavy atom. The smallest absolute Gasteiger partial charge is 0.325 e. The van der Waals surface area contributed by atoms with Crippen molar-refractivity contribution >= 4 is 11.9 Å². The van der Waals surface area contributed by atoms with Crippen LogP contribution in [0.15, 0.2) is 18.6 Å². The van der Waals surface area contributed by atoms with Crippen LogP contribution in [-0.2, 0) is 10.3 Å². The summed E-state index contributed by atoms with van der Waals surface area (Å²) >= 11 is 0. The van der Waals surface area contributed by atoms with E-state index >= 15 is 0 Å². The molecule has 2 aliphatic rings. The molecule has 23 heavy (non-hydrogen) atoms. The number of carbonyl (C=O) groups is 2. The normalized spacial score (nSPS) is 34.6. The monoisotopic (exact) mass is 318 g/mol. The Kier molecular flexibility index (Phi) is 3.83. The van der Waals surface area contributed by atoms with E-state index < -0.39 is 23.1 Å². The van der Waals surface area contributed by atoms with Crippen molar-refractivity contribution in [1.82, 2.24) is 20.2 Å². The molecule has 0 radical (unpaired) electrons.